The summed E-state index contributed by atoms with van der Waals surface area (Å²) in [5, 5.41) is 6.71. The van der Waals surface area contributed by atoms with Gasteiger partial charge >= 0.3 is 0 Å². The summed E-state index contributed by atoms with van der Waals surface area (Å²) in [7, 11) is 1.75. The smallest absolute Gasteiger partial charge is 0.278 e. The number of pyridine rings is 1. The van der Waals surface area contributed by atoms with Crippen LogP contribution in [0, 0.1) is 0 Å². The minimum Gasteiger partial charge on any atom is -0.305 e. The van der Waals surface area contributed by atoms with Gasteiger partial charge in [0.1, 0.15) is 5.82 Å². The third-order valence-corrected chi connectivity index (χ3v) is 3.02. The highest BCUT2D eigenvalue weighted by Gasteiger charge is 2.14. The average Bonchev–Trinajstić information content (AvgIpc) is 2.61. The van der Waals surface area contributed by atoms with E-state index in [-0.39, 0.29) is 5.91 Å². The molecule has 17 heavy (non-hydrogen) atoms. The molecule has 0 atom stereocenters. The van der Waals surface area contributed by atoms with E-state index in [1.165, 1.54) is 0 Å². The molecular weight excluding hydrogens is 352 g/mol. The summed E-state index contributed by atoms with van der Waals surface area (Å²) in [6.45, 7) is 0. The first-order chi connectivity index (χ1) is 8.06. The van der Waals surface area contributed by atoms with Gasteiger partial charge in [-0.1, -0.05) is 0 Å². The maximum Gasteiger partial charge on any atom is 0.278 e. The Labute approximate surface area is 114 Å². The number of nitrogens with one attached hydrogen (secondary N) is 1. The van der Waals surface area contributed by atoms with Crippen molar-refractivity contribution in [1.82, 2.24) is 14.8 Å². The molecule has 7 heteroatoms. The summed E-state index contributed by atoms with van der Waals surface area (Å²) in [4.78, 5) is 15.9. The molecular formula is C10H8Br2N4O. The number of anilines is 1. The highest BCUT2D eigenvalue weighted by atomic mass is 79.9. The molecule has 0 spiro atoms. The molecule has 0 fully saturated rings. The fourth-order valence-electron chi connectivity index (χ4n) is 1.24. The molecule has 0 bridgehead atoms. The third kappa shape index (κ3) is 2.92. The first-order valence-corrected chi connectivity index (χ1v) is 6.27. The third-order valence-electron chi connectivity index (χ3n) is 1.97. The van der Waals surface area contributed by atoms with Crippen molar-refractivity contribution in [3.63, 3.8) is 0 Å². The molecule has 2 rings (SSSR count). The number of hydrogen-bond donors (Lipinski definition) is 1. The van der Waals surface area contributed by atoms with Crippen LogP contribution in [-0.2, 0) is 7.05 Å². The van der Waals surface area contributed by atoms with E-state index >= 15 is 0 Å². The second-order valence-corrected chi connectivity index (χ2v) is 5.09. The zero-order valence-electron chi connectivity index (χ0n) is 8.82. The molecule has 0 unspecified atom stereocenters. The lowest BCUT2D eigenvalue weighted by atomic mass is 10.4. The molecule has 88 valence electrons. The SMILES string of the molecule is Cn1cc(Br)c(C(=O)Nc2ccc(Br)cn2)n1. The van der Waals surface area contributed by atoms with Gasteiger partial charge in [0.15, 0.2) is 5.69 Å². The van der Waals surface area contributed by atoms with E-state index in [1.54, 1.807) is 36.3 Å². The molecule has 1 N–H and O–H groups in total. The summed E-state index contributed by atoms with van der Waals surface area (Å²) in [5.41, 5.74) is 0.331. The van der Waals surface area contributed by atoms with Crippen LogP contribution in [0.3, 0.4) is 0 Å². The van der Waals surface area contributed by atoms with Crippen molar-refractivity contribution in [3.8, 4) is 0 Å². The maximum absolute atomic E-state index is 11.9. The molecule has 0 aliphatic carbocycles. The molecule has 0 saturated heterocycles. The number of nitrogens with zero attached hydrogens (tertiary/aromatic N) is 3. The number of carbonyl (C=O) groups is 1. The summed E-state index contributed by atoms with van der Waals surface area (Å²) in [6, 6.07) is 3.51. The van der Waals surface area contributed by atoms with Gasteiger partial charge in [0.25, 0.3) is 5.91 Å². The monoisotopic (exact) mass is 358 g/mol. The van der Waals surface area contributed by atoms with E-state index in [1.807, 2.05) is 0 Å². The van der Waals surface area contributed by atoms with Crippen LogP contribution in [0.1, 0.15) is 10.5 Å². The van der Waals surface area contributed by atoms with Crippen LogP contribution < -0.4 is 5.32 Å². The van der Waals surface area contributed by atoms with E-state index in [0.717, 1.165) is 4.47 Å². The minimum atomic E-state index is -0.299. The number of amides is 1. The first-order valence-electron chi connectivity index (χ1n) is 4.68. The van der Waals surface area contributed by atoms with E-state index in [9.17, 15) is 4.79 Å². The van der Waals surface area contributed by atoms with Crippen LogP contribution in [0.4, 0.5) is 5.82 Å². The van der Waals surface area contributed by atoms with Gasteiger partial charge in [-0.05, 0) is 44.0 Å². The van der Waals surface area contributed by atoms with E-state index in [2.05, 4.69) is 47.3 Å². The van der Waals surface area contributed by atoms with Gasteiger partial charge in [-0.3, -0.25) is 9.48 Å². The quantitative estimate of drug-likeness (QED) is 0.896. The van der Waals surface area contributed by atoms with Gasteiger partial charge in [0, 0.05) is 23.9 Å². The molecule has 0 aliphatic rings. The van der Waals surface area contributed by atoms with E-state index in [0.29, 0.717) is 16.0 Å². The van der Waals surface area contributed by atoms with Crippen molar-refractivity contribution in [3.05, 3.63) is 39.2 Å². The van der Waals surface area contributed by atoms with Crippen LogP contribution >= 0.6 is 31.9 Å². The minimum absolute atomic E-state index is 0.299. The van der Waals surface area contributed by atoms with Gasteiger partial charge in [-0.2, -0.15) is 5.10 Å². The molecule has 2 heterocycles. The van der Waals surface area contributed by atoms with Gasteiger partial charge in [-0.15, -0.1) is 0 Å². The Bertz CT molecular complexity index is 550. The summed E-state index contributed by atoms with van der Waals surface area (Å²) in [6.07, 6.45) is 3.33. The van der Waals surface area contributed by atoms with Gasteiger partial charge in [-0.25, -0.2) is 4.98 Å². The summed E-state index contributed by atoms with van der Waals surface area (Å²) < 4.78 is 3.07. The predicted molar refractivity (Wildman–Crippen MR) is 70.8 cm³/mol. The lowest BCUT2D eigenvalue weighted by molar-refractivity contribution is 0.102. The molecule has 0 aromatic carbocycles. The Morgan fingerprint density at radius 1 is 1.41 bits per heavy atom. The second-order valence-electron chi connectivity index (χ2n) is 3.32. The Morgan fingerprint density at radius 2 is 2.18 bits per heavy atom. The van der Waals surface area contributed by atoms with Crippen molar-refractivity contribution < 1.29 is 4.79 Å². The largest absolute Gasteiger partial charge is 0.305 e. The number of aromatic nitrogens is 3. The molecule has 1 amide bonds. The Kier molecular flexibility index (Phi) is 3.58. The Morgan fingerprint density at radius 3 is 2.71 bits per heavy atom. The van der Waals surface area contributed by atoms with E-state index < -0.39 is 0 Å². The predicted octanol–water partition coefficient (Wildman–Crippen LogP) is 2.59. The first kappa shape index (κ1) is 12.3. The lowest BCUT2D eigenvalue weighted by Gasteiger charge is -2.02. The van der Waals surface area contributed by atoms with Crippen molar-refractivity contribution in [2.45, 2.75) is 0 Å². The fourth-order valence-corrected chi connectivity index (χ4v) is 2.03. The van der Waals surface area contributed by atoms with Crippen molar-refractivity contribution in [2.24, 2.45) is 7.05 Å². The highest BCUT2D eigenvalue weighted by molar-refractivity contribution is 9.10. The van der Waals surface area contributed by atoms with Crippen LogP contribution in [0.25, 0.3) is 0 Å². The van der Waals surface area contributed by atoms with Gasteiger partial charge in [0.2, 0.25) is 0 Å². The number of aryl methyl sites for hydroxylation is 1. The zero-order chi connectivity index (χ0) is 12.4. The number of halogens is 2. The normalized spacial score (nSPS) is 10.3. The maximum atomic E-state index is 11.9. The average molecular weight is 360 g/mol. The van der Waals surface area contributed by atoms with Crippen LogP contribution in [0.2, 0.25) is 0 Å². The Balaban J connectivity index is 2.17. The molecule has 0 saturated carbocycles. The second kappa shape index (κ2) is 4.97. The Hall–Kier alpha value is -1.21. The molecule has 2 aromatic rings. The zero-order valence-corrected chi connectivity index (χ0v) is 12.0. The fraction of sp³-hybridized carbons (Fsp3) is 0.100. The van der Waals surface area contributed by atoms with Crippen LogP contribution in [0.15, 0.2) is 33.5 Å². The standard InChI is InChI=1S/C10H8Br2N4O/c1-16-5-7(12)9(15-16)10(17)14-8-3-2-6(11)4-13-8/h2-5H,1H3,(H,13,14,17). The molecule has 0 aliphatic heterocycles. The number of hydrogen-bond acceptors (Lipinski definition) is 3. The van der Waals surface area contributed by atoms with Gasteiger partial charge < -0.3 is 5.32 Å². The number of rotatable bonds is 2. The van der Waals surface area contributed by atoms with Crippen LogP contribution in [0.5, 0.6) is 0 Å². The summed E-state index contributed by atoms with van der Waals surface area (Å²) in [5.74, 6) is 0.183. The van der Waals surface area contributed by atoms with Crippen molar-refractivity contribution in [2.75, 3.05) is 5.32 Å². The molecule has 5 nitrogen and oxygen atoms in total. The molecule has 2 aromatic heterocycles. The van der Waals surface area contributed by atoms with Crippen molar-refractivity contribution in [1.29, 1.82) is 0 Å². The van der Waals surface area contributed by atoms with Crippen LogP contribution in [-0.4, -0.2) is 20.7 Å². The highest BCUT2D eigenvalue weighted by Crippen LogP contribution is 2.16. The van der Waals surface area contributed by atoms with Crippen molar-refractivity contribution >= 4 is 43.6 Å². The lowest BCUT2D eigenvalue weighted by Crippen LogP contribution is -2.14. The molecule has 0 radical (unpaired) electrons. The number of carbonyl (C=O) groups excluding carboxylic acids is 1. The topological polar surface area (TPSA) is 59.8 Å². The summed E-state index contributed by atoms with van der Waals surface area (Å²) >= 11 is 6.54. The van der Waals surface area contributed by atoms with E-state index in [4.69, 9.17) is 0 Å². The van der Waals surface area contributed by atoms with Gasteiger partial charge in [0.05, 0.1) is 4.47 Å².